The molecule has 0 aromatic heterocycles. The van der Waals surface area contributed by atoms with Gasteiger partial charge in [-0.05, 0) is 18.2 Å². The molecule has 1 aromatic rings. The highest BCUT2D eigenvalue weighted by molar-refractivity contribution is 5.91. The zero-order valence-electron chi connectivity index (χ0n) is 10.6. The van der Waals surface area contributed by atoms with Gasteiger partial charge in [0.2, 0.25) is 0 Å². The molecule has 1 aromatic carbocycles. The van der Waals surface area contributed by atoms with Crippen LogP contribution in [0.15, 0.2) is 18.2 Å². The van der Waals surface area contributed by atoms with Crippen LogP contribution in [0, 0.1) is 5.82 Å². The van der Waals surface area contributed by atoms with E-state index in [-0.39, 0.29) is 24.2 Å². The van der Waals surface area contributed by atoms with E-state index < -0.39 is 23.8 Å². The number of carboxylic acid groups (broad SMARTS) is 1. The van der Waals surface area contributed by atoms with Crippen molar-refractivity contribution in [3.05, 3.63) is 29.6 Å². The van der Waals surface area contributed by atoms with Crippen molar-refractivity contribution >= 4 is 23.7 Å². The maximum atomic E-state index is 13.5. The first kappa shape index (κ1) is 15.4. The Kier molecular flexibility index (Phi) is 5.45. The number of amides is 2. The lowest BCUT2D eigenvalue weighted by Crippen LogP contribution is -2.31. The summed E-state index contributed by atoms with van der Waals surface area (Å²) in [5.41, 5.74) is -0.385. The van der Waals surface area contributed by atoms with Gasteiger partial charge in [-0.15, -0.1) is 0 Å². The Morgan fingerprint density at radius 1 is 1.35 bits per heavy atom. The Labute approximate surface area is 113 Å². The lowest BCUT2D eigenvalue weighted by atomic mass is 10.2. The number of ether oxygens (including phenoxy) is 1. The van der Waals surface area contributed by atoms with E-state index in [4.69, 9.17) is 5.11 Å². The summed E-state index contributed by atoms with van der Waals surface area (Å²) in [7, 11) is 1.22. The highest BCUT2D eigenvalue weighted by atomic mass is 19.1. The normalized spacial score (nSPS) is 9.70. The highest BCUT2D eigenvalue weighted by Gasteiger charge is 2.10. The summed E-state index contributed by atoms with van der Waals surface area (Å²) in [6.45, 7) is 0.0351. The number of halogens is 1. The molecule has 0 aliphatic heterocycles. The average molecular weight is 284 g/mol. The van der Waals surface area contributed by atoms with E-state index in [0.717, 1.165) is 18.2 Å². The molecule has 1 rings (SSSR count). The fourth-order valence-electron chi connectivity index (χ4n) is 1.30. The highest BCUT2D eigenvalue weighted by Crippen LogP contribution is 2.15. The van der Waals surface area contributed by atoms with Crippen LogP contribution in [-0.4, -0.2) is 36.7 Å². The maximum absolute atomic E-state index is 13.5. The lowest BCUT2D eigenvalue weighted by Gasteiger charge is -2.08. The van der Waals surface area contributed by atoms with Crippen molar-refractivity contribution in [1.29, 1.82) is 0 Å². The van der Waals surface area contributed by atoms with Gasteiger partial charge < -0.3 is 20.5 Å². The molecule has 0 spiro atoms. The quantitative estimate of drug-likeness (QED) is 0.705. The molecule has 0 bridgehead atoms. The summed E-state index contributed by atoms with van der Waals surface area (Å²) >= 11 is 0. The Balaban J connectivity index is 2.54. The Morgan fingerprint density at radius 3 is 2.60 bits per heavy atom. The van der Waals surface area contributed by atoms with Gasteiger partial charge in [0.15, 0.2) is 0 Å². The number of carbonyl (C=O) groups is 3. The van der Waals surface area contributed by atoms with E-state index in [0.29, 0.717) is 0 Å². The summed E-state index contributed by atoms with van der Waals surface area (Å²) in [5, 5.41) is 13.2. The molecule has 108 valence electrons. The summed E-state index contributed by atoms with van der Waals surface area (Å²) in [5.74, 6) is -2.62. The number of esters is 1. The number of methoxy groups -OCH3 is 1. The van der Waals surface area contributed by atoms with Gasteiger partial charge in [-0.2, -0.15) is 0 Å². The van der Waals surface area contributed by atoms with Crippen molar-refractivity contribution < 1.29 is 28.6 Å². The van der Waals surface area contributed by atoms with E-state index in [1.54, 1.807) is 0 Å². The fraction of sp³-hybridized carbons (Fsp3) is 0.250. The number of nitrogens with one attached hydrogen (secondary N) is 2. The smallest absolute Gasteiger partial charge is 0.335 e. The summed E-state index contributed by atoms with van der Waals surface area (Å²) < 4.78 is 17.9. The van der Waals surface area contributed by atoms with Crippen molar-refractivity contribution in [1.82, 2.24) is 5.32 Å². The van der Waals surface area contributed by atoms with Crippen LogP contribution in [0.5, 0.6) is 0 Å². The molecule has 0 unspecified atom stereocenters. The van der Waals surface area contributed by atoms with Crippen LogP contribution in [0.3, 0.4) is 0 Å². The number of aromatic carboxylic acids is 1. The number of rotatable bonds is 5. The number of benzene rings is 1. The number of carbonyl (C=O) groups excluding carboxylic acids is 2. The van der Waals surface area contributed by atoms with Gasteiger partial charge in [0, 0.05) is 6.54 Å². The van der Waals surface area contributed by atoms with Crippen LogP contribution < -0.4 is 10.6 Å². The summed E-state index contributed by atoms with van der Waals surface area (Å²) in [6.07, 6.45) is -0.00957. The summed E-state index contributed by atoms with van der Waals surface area (Å²) in [6, 6.07) is 2.39. The molecule has 0 atom stereocenters. The molecule has 0 fully saturated rings. The molecular weight excluding hydrogens is 271 g/mol. The second kappa shape index (κ2) is 7.07. The van der Waals surface area contributed by atoms with Crippen LogP contribution in [0.1, 0.15) is 16.8 Å². The number of hydrogen-bond donors (Lipinski definition) is 3. The van der Waals surface area contributed by atoms with E-state index in [2.05, 4.69) is 15.4 Å². The van der Waals surface area contributed by atoms with Crippen molar-refractivity contribution in [2.45, 2.75) is 6.42 Å². The molecule has 0 saturated heterocycles. The molecule has 20 heavy (non-hydrogen) atoms. The van der Waals surface area contributed by atoms with Crippen molar-refractivity contribution in [3.63, 3.8) is 0 Å². The van der Waals surface area contributed by atoms with Crippen molar-refractivity contribution in [2.24, 2.45) is 0 Å². The molecule has 3 N–H and O–H groups in total. The van der Waals surface area contributed by atoms with Crippen LogP contribution in [0.4, 0.5) is 14.9 Å². The first-order chi connectivity index (χ1) is 9.43. The van der Waals surface area contributed by atoms with E-state index in [9.17, 15) is 18.8 Å². The largest absolute Gasteiger partial charge is 0.478 e. The minimum absolute atomic E-state index is 0.00957. The van der Waals surface area contributed by atoms with E-state index in [1.807, 2.05) is 0 Å². The van der Waals surface area contributed by atoms with Crippen molar-refractivity contribution in [2.75, 3.05) is 19.0 Å². The van der Waals surface area contributed by atoms with Crippen LogP contribution in [0.2, 0.25) is 0 Å². The number of urea groups is 1. The third-order valence-corrected chi connectivity index (χ3v) is 2.31. The van der Waals surface area contributed by atoms with Gasteiger partial charge >= 0.3 is 18.0 Å². The molecule has 0 aliphatic carbocycles. The van der Waals surface area contributed by atoms with Crippen LogP contribution in [-0.2, 0) is 9.53 Å². The molecule has 2 amide bonds. The van der Waals surface area contributed by atoms with Gasteiger partial charge in [0.25, 0.3) is 0 Å². The Morgan fingerprint density at radius 2 is 2.05 bits per heavy atom. The van der Waals surface area contributed by atoms with Crippen molar-refractivity contribution in [3.8, 4) is 0 Å². The minimum Gasteiger partial charge on any atom is -0.478 e. The molecular formula is C12H13FN2O5. The maximum Gasteiger partial charge on any atom is 0.335 e. The zero-order valence-corrected chi connectivity index (χ0v) is 10.6. The summed E-state index contributed by atoms with van der Waals surface area (Å²) in [4.78, 5) is 32.8. The van der Waals surface area contributed by atoms with Gasteiger partial charge in [-0.25, -0.2) is 14.0 Å². The SMILES string of the molecule is COC(=O)CCNC(=O)Nc1ccc(C(=O)O)cc1F. The van der Waals surface area contributed by atoms with Gasteiger partial charge in [-0.3, -0.25) is 4.79 Å². The average Bonchev–Trinajstić information content (AvgIpc) is 2.40. The predicted molar refractivity (Wildman–Crippen MR) is 67.0 cm³/mol. The van der Waals surface area contributed by atoms with E-state index in [1.165, 1.54) is 7.11 Å². The molecule has 8 heteroatoms. The predicted octanol–water partition coefficient (Wildman–Crippen LogP) is 1.21. The number of carboxylic acids is 1. The van der Waals surface area contributed by atoms with Gasteiger partial charge in [0.1, 0.15) is 5.82 Å². The third kappa shape index (κ3) is 4.56. The zero-order chi connectivity index (χ0) is 15.1. The standard InChI is InChI=1S/C12H13FN2O5/c1-20-10(16)4-5-14-12(19)15-9-3-2-7(11(17)18)6-8(9)13/h2-3,6H,4-5H2,1H3,(H,17,18)(H2,14,15,19). The molecule has 0 saturated carbocycles. The lowest BCUT2D eigenvalue weighted by molar-refractivity contribution is -0.140. The molecule has 0 heterocycles. The monoisotopic (exact) mass is 284 g/mol. The first-order valence-electron chi connectivity index (χ1n) is 5.58. The fourth-order valence-corrected chi connectivity index (χ4v) is 1.30. The van der Waals surface area contributed by atoms with Crippen LogP contribution >= 0.6 is 0 Å². The first-order valence-corrected chi connectivity index (χ1v) is 5.58. The number of anilines is 1. The second-order valence-corrected chi connectivity index (χ2v) is 3.71. The minimum atomic E-state index is -1.27. The number of hydrogen-bond acceptors (Lipinski definition) is 4. The van der Waals surface area contributed by atoms with Crippen LogP contribution in [0.25, 0.3) is 0 Å². The second-order valence-electron chi connectivity index (χ2n) is 3.71. The topological polar surface area (TPSA) is 105 Å². The Hall–Kier alpha value is -2.64. The molecule has 0 aliphatic rings. The Bertz CT molecular complexity index is 533. The molecule has 7 nitrogen and oxygen atoms in total. The molecule has 0 radical (unpaired) electrons. The third-order valence-electron chi connectivity index (χ3n) is 2.31. The van der Waals surface area contributed by atoms with Gasteiger partial charge in [-0.1, -0.05) is 0 Å². The van der Waals surface area contributed by atoms with E-state index >= 15 is 0 Å². The van der Waals surface area contributed by atoms with Gasteiger partial charge in [0.05, 0.1) is 24.8 Å².